The zero-order valence-corrected chi connectivity index (χ0v) is 23.9. The van der Waals surface area contributed by atoms with Crippen LogP contribution in [0.25, 0.3) is 21.9 Å². The number of aliphatic hydroxyl groups is 1. The second-order valence-corrected chi connectivity index (χ2v) is 11.3. The molecule has 1 unspecified atom stereocenters. The number of para-hydroxylation sites is 1. The van der Waals surface area contributed by atoms with E-state index in [9.17, 15) is 9.67 Å². The van der Waals surface area contributed by atoms with Crippen LogP contribution in [0.3, 0.4) is 0 Å². The first-order valence-corrected chi connectivity index (χ1v) is 14.3. The molecule has 0 saturated heterocycles. The van der Waals surface area contributed by atoms with Crippen LogP contribution in [-0.2, 0) is 31.7 Å². The van der Waals surface area contributed by atoms with E-state index in [1.165, 1.54) is 14.0 Å². The van der Waals surface area contributed by atoms with Crippen molar-refractivity contribution in [2.45, 2.75) is 45.8 Å². The van der Waals surface area contributed by atoms with E-state index in [4.69, 9.17) is 35.9 Å². The maximum atomic E-state index is 14.0. The van der Waals surface area contributed by atoms with Crippen molar-refractivity contribution in [1.29, 1.82) is 0 Å². The molecular formula is C26H33ClN5O6P. The second kappa shape index (κ2) is 12.2. The van der Waals surface area contributed by atoms with Gasteiger partial charge in [0.15, 0.2) is 11.6 Å². The molecule has 4 aromatic rings. The number of pyridine rings is 1. The minimum Gasteiger partial charge on any atom is -0.413 e. The number of ether oxygens (including phenoxy) is 2. The number of fused-ring (bicyclic) bond motifs is 3. The van der Waals surface area contributed by atoms with Crippen LogP contribution in [0.4, 0.5) is 5.82 Å². The standard InChI is InChI=1S/C26H33ClN5O6P/c1-5-36-15-22-30-23-24(20-8-6-7-9-21(20)29-25(23)28)32(22)16-26(3,33)38-39(34,31-17(2)14-35-4)37-19-12-10-18(27)11-13-19/h6-13,17,33H,5,14-16H2,1-4H3,(H2,28,29)(H,31,34)/t17-,26+,39?/m0/s1. The second-order valence-electron chi connectivity index (χ2n) is 9.26. The van der Waals surface area contributed by atoms with Crippen LogP contribution in [0.5, 0.6) is 5.75 Å². The Hall–Kier alpha value is -2.76. The van der Waals surface area contributed by atoms with Crippen molar-refractivity contribution in [3.63, 3.8) is 0 Å². The predicted octanol–water partition coefficient (Wildman–Crippen LogP) is 4.89. The van der Waals surface area contributed by atoms with Crippen molar-refractivity contribution in [1.82, 2.24) is 19.6 Å². The molecule has 0 spiro atoms. The first-order chi connectivity index (χ1) is 18.5. The number of nitrogens with two attached hydrogens (primary N) is 1. The smallest absolute Gasteiger partial charge is 0.413 e. The summed E-state index contributed by atoms with van der Waals surface area (Å²) < 4.78 is 38.2. The number of hydrogen-bond donors (Lipinski definition) is 3. The van der Waals surface area contributed by atoms with Gasteiger partial charge >= 0.3 is 7.75 Å². The number of hydrogen-bond acceptors (Lipinski definition) is 9. The van der Waals surface area contributed by atoms with Gasteiger partial charge in [-0.1, -0.05) is 29.8 Å². The fourth-order valence-corrected chi connectivity index (χ4v) is 6.08. The van der Waals surface area contributed by atoms with E-state index in [0.717, 1.165) is 5.39 Å². The Bertz CT molecular complexity index is 1480. The zero-order valence-electron chi connectivity index (χ0n) is 22.3. The van der Waals surface area contributed by atoms with Gasteiger partial charge in [0, 0.05) is 30.2 Å². The number of nitrogen functional groups attached to an aromatic ring is 1. The molecule has 4 rings (SSSR count). The summed E-state index contributed by atoms with van der Waals surface area (Å²) in [4.78, 5) is 9.14. The maximum Gasteiger partial charge on any atom is 0.461 e. The first kappa shape index (κ1) is 29.2. The highest BCUT2D eigenvalue weighted by atomic mass is 35.5. The minimum atomic E-state index is -4.16. The topological polar surface area (TPSA) is 143 Å². The lowest BCUT2D eigenvalue weighted by molar-refractivity contribution is -0.137. The SMILES string of the molecule is CCOCc1nc2c(N)nc3ccccc3c2n1C[C@](C)(O)OP(=O)(N[C@@H](C)COC)Oc1ccc(Cl)cc1. The van der Waals surface area contributed by atoms with Gasteiger partial charge in [-0.25, -0.2) is 19.6 Å². The van der Waals surface area contributed by atoms with E-state index in [-0.39, 0.29) is 31.3 Å². The summed E-state index contributed by atoms with van der Waals surface area (Å²) in [6, 6.07) is 13.4. The molecule has 0 radical (unpaired) electrons. The van der Waals surface area contributed by atoms with Crippen molar-refractivity contribution in [3.05, 3.63) is 59.4 Å². The number of methoxy groups -OCH3 is 1. The van der Waals surface area contributed by atoms with Gasteiger partial charge in [0.2, 0.25) is 0 Å². The molecule has 0 aliphatic carbocycles. The van der Waals surface area contributed by atoms with Crippen LogP contribution in [0.15, 0.2) is 48.5 Å². The van der Waals surface area contributed by atoms with Crippen LogP contribution in [0.1, 0.15) is 26.6 Å². The molecule has 0 fully saturated rings. The molecule has 2 heterocycles. The molecular weight excluding hydrogens is 545 g/mol. The fraction of sp³-hybridized carbons (Fsp3) is 0.385. The van der Waals surface area contributed by atoms with Gasteiger partial charge < -0.3 is 29.4 Å². The van der Waals surface area contributed by atoms with Crippen LogP contribution in [0.2, 0.25) is 5.02 Å². The van der Waals surface area contributed by atoms with Crippen molar-refractivity contribution in [2.24, 2.45) is 0 Å². The van der Waals surface area contributed by atoms with Crippen molar-refractivity contribution >= 4 is 47.1 Å². The van der Waals surface area contributed by atoms with Crippen molar-refractivity contribution in [3.8, 4) is 5.75 Å². The normalized spacial score (nSPS) is 15.7. The summed E-state index contributed by atoms with van der Waals surface area (Å²) >= 11 is 5.99. The maximum absolute atomic E-state index is 14.0. The molecule has 0 bridgehead atoms. The molecule has 39 heavy (non-hydrogen) atoms. The largest absolute Gasteiger partial charge is 0.461 e. The van der Waals surface area contributed by atoms with Gasteiger partial charge in [-0.15, -0.1) is 0 Å². The summed E-state index contributed by atoms with van der Waals surface area (Å²) in [6.07, 6.45) is 0. The average molecular weight is 578 g/mol. The highest BCUT2D eigenvalue weighted by Crippen LogP contribution is 2.48. The Morgan fingerprint density at radius 1 is 1.21 bits per heavy atom. The molecule has 13 heteroatoms. The number of imidazole rings is 1. The molecule has 3 atom stereocenters. The minimum absolute atomic E-state index is 0.150. The van der Waals surface area contributed by atoms with Crippen LogP contribution in [0, 0.1) is 0 Å². The van der Waals surface area contributed by atoms with Crippen molar-refractivity contribution in [2.75, 3.05) is 26.1 Å². The molecule has 210 valence electrons. The molecule has 2 aromatic carbocycles. The Morgan fingerprint density at radius 2 is 1.92 bits per heavy atom. The summed E-state index contributed by atoms with van der Waals surface area (Å²) in [5.41, 5.74) is 8.04. The summed E-state index contributed by atoms with van der Waals surface area (Å²) in [5, 5.41) is 15.6. The molecule has 2 aromatic heterocycles. The Labute approximate surface area is 231 Å². The summed E-state index contributed by atoms with van der Waals surface area (Å²) in [5.74, 6) is -1.02. The number of anilines is 1. The third kappa shape index (κ3) is 7.06. The Morgan fingerprint density at radius 3 is 2.62 bits per heavy atom. The quantitative estimate of drug-likeness (QED) is 0.148. The number of benzene rings is 2. The highest BCUT2D eigenvalue weighted by molar-refractivity contribution is 7.52. The van der Waals surface area contributed by atoms with Gasteiger partial charge in [-0.2, -0.15) is 0 Å². The third-order valence-corrected chi connectivity index (χ3v) is 7.82. The van der Waals surface area contributed by atoms with E-state index in [1.54, 1.807) is 35.8 Å². The van der Waals surface area contributed by atoms with E-state index >= 15 is 0 Å². The number of halogens is 1. The molecule has 0 amide bonds. The summed E-state index contributed by atoms with van der Waals surface area (Å²) in [7, 11) is -2.64. The van der Waals surface area contributed by atoms with Crippen LogP contribution < -0.4 is 15.3 Å². The zero-order chi connectivity index (χ0) is 28.2. The van der Waals surface area contributed by atoms with Gasteiger partial charge in [-0.3, -0.25) is 4.52 Å². The van der Waals surface area contributed by atoms with E-state index in [1.807, 2.05) is 31.2 Å². The van der Waals surface area contributed by atoms with Crippen LogP contribution >= 0.6 is 19.3 Å². The lowest BCUT2D eigenvalue weighted by Gasteiger charge is -2.31. The van der Waals surface area contributed by atoms with E-state index in [0.29, 0.717) is 34.0 Å². The van der Waals surface area contributed by atoms with E-state index < -0.39 is 19.6 Å². The van der Waals surface area contributed by atoms with Gasteiger partial charge in [-0.05, 0) is 51.1 Å². The number of aromatic nitrogens is 3. The van der Waals surface area contributed by atoms with Crippen molar-refractivity contribution < 1.29 is 28.2 Å². The lowest BCUT2D eigenvalue weighted by Crippen LogP contribution is -2.38. The highest BCUT2D eigenvalue weighted by Gasteiger charge is 2.39. The molecule has 0 aliphatic rings. The van der Waals surface area contributed by atoms with Gasteiger partial charge in [0.05, 0.1) is 24.2 Å². The van der Waals surface area contributed by atoms with E-state index in [2.05, 4.69) is 15.1 Å². The average Bonchev–Trinajstić information content (AvgIpc) is 3.22. The summed E-state index contributed by atoms with van der Waals surface area (Å²) in [6.45, 7) is 5.68. The van der Waals surface area contributed by atoms with Gasteiger partial charge in [0.1, 0.15) is 23.7 Å². The Kier molecular flexibility index (Phi) is 9.13. The number of rotatable bonds is 13. The first-order valence-electron chi connectivity index (χ1n) is 12.4. The molecule has 4 N–H and O–H groups in total. The third-order valence-electron chi connectivity index (χ3n) is 5.73. The molecule has 11 nitrogen and oxygen atoms in total. The fourth-order valence-electron chi connectivity index (χ4n) is 4.22. The lowest BCUT2D eigenvalue weighted by atomic mass is 10.2. The van der Waals surface area contributed by atoms with Gasteiger partial charge in [0.25, 0.3) is 0 Å². The predicted molar refractivity (Wildman–Crippen MR) is 151 cm³/mol. The molecule has 0 saturated carbocycles. The van der Waals surface area contributed by atoms with Crippen LogP contribution in [-0.4, -0.2) is 51.8 Å². The Balaban J connectivity index is 1.74. The molecule has 0 aliphatic heterocycles. The number of nitrogens with zero attached hydrogens (tertiary/aromatic N) is 3. The number of nitrogens with one attached hydrogen (secondary N) is 1. The monoisotopic (exact) mass is 577 g/mol.